The summed E-state index contributed by atoms with van der Waals surface area (Å²) < 4.78 is 0. The molecule has 17 heavy (non-hydrogen) atoms. The molecule has 2 nitrogen and oxygen atoms in total. The minimum Gasteiger partial charge on any atom is -0.326 e. The lowest BCUT2D eigenvalue weighted by molar-refractivity contribution is 0.131. The van der Waals surface area contributed by atoms with Crippen molar-refractivity contribution >= 4 is 11.3 Å². The van der Waals surface area contributed by atoms with Crippen LogP contribution in [0.5, 0.6) is 0 Å². The fraction of sp³-hybridized carbons (Fsp3) is 0.714. The number of hydrogen-bond acceptors (Lipinski definition) is 3. The van der Waals surface area contributed by atoms with Crippen LogP contribution in [-0.2, 0) is 12.8 Å². The molecule has 0 amide bonds. The Morgan fingerprint density at radius 1 is 1.29 bits per heavy atom. The second-order valence-corrected chi connectivity index (χ2v) is 6.39. The monoisotopic (exact) mass is 254 g/mol. The minimum atomic E-state index is 0.0797. The summed E-state index contributed by atoms with van der Waals surface area (Å²) in [4.78, 5) is 5.12. The fourth-order valence-corrected chi connectivity index (χ4v) is 3.08. The van der Waals surface area contributed by atoms with Crippen molar-refractivity contribution in [3.63, 3.8) is 0 Å². The zero-order valence-corrected chi connectivity index (χ0v) is 12.6. The molecule has 3 heteroatoms. The van der Waals surface area contributed by atoms with Gasteiger partial charge >= 0.3 is 0 Å². The lowest BCUT2D eigenvalue weighted by atomic mass is 9.86. The summed E-state index contributed by atoms with van der Waals surface area (Å²) in [6.07, 6.45) is 3.18. The van der Waals surface area contributed by atoms with E-state index in [1.165, 1.54) is 9.75 Å². The number of hydrogen-bond donors (Lipinski definition) is 1. The van der Waals surface area contributed by atoms with Gasteiger partial charge in [-0.15, -0.1) is 11.3 Å². The van der Waals surface area contributed by atoms with E-state index in [-0.39, 0.29) is 11.6 Å². The molecule has 0 saturated carbocycles. The highest BCUT2D eigenvalue weighted by Gasteiger charge is 2.32. The van der Waals surface area contributed by atoms with Gasteiger partial charge in [0.05, 0.1) is 0 Å². The first-order valence-corrected chi connectivity index (χ1v) is 7.26. The van der Waals surface area contributed by atoms with Gasteiger partial charge in [0.15, 0.2) is 0 Å². The summed E-state index contributed by atoms with van der Waals surface area (Å²) in [5, 5.41) is 0. The third-order valence-electron chi connectivity index (χ3n) is 4.02. The lowest BCUT2D eigenvalue weighted by Crippen LogP contribution is -2.55. The summed E-state index contributed by atoms with van der Waals surface area (Å²) in [5.74, 6) is 0. The maximum Gasteiger partial charge on any atom is 0.0327 e. The molecule has 0 fully saturated rings. The van der Waals surface area contributed by atoms with E-state index >= 15 is 0 Å². The Labute approximate surface area is 110 Å². The molecule has 2 N–H and O–H groups in total. The zero-order chi connectivity index (χ0) is 13.1. The molecule has 0 bridgehead atoms. The Morgan fingerprint density at radius 2 is 1.88 bits per heavy atom. The van der Waals surface area contributed by atoms with Crippen LogP contribution in [0.4, 0.5) is 0 Å². The van der Waals surface area contributed by atoms with Gasteiger partial charge in [-0.25, -0.2) is 0 Å². The SMILES string of the molecule is CCc1ccc(CC(N)C(C)(CC)N(C)C)s1. The van der Waals surface area contributed by atoms with Gasteiger partial charge in [0.1, 0.15) is 0 Å². The van der Waals surface area contributed by atoms with Crippen LogP contribution in [-0.4, -0.2) is 30.6 Å². The van der Waals surface area contributed by atoms with Crippen molar-refractivity contribution in [2.45, 2.75) is 51.6 Å². The summed E-state index contributed by atoms with van der Waals surface area (Å²) in [7, 11) is 4.24. The molecule has 2 atom stereocenters. The van der Waals surface area contributed by atoms with E-state index in [2.05, 4.69) is 51.9 Å². The summed E-state index contributed by atoms with van der Waals surface area (Å²) in [5.41, 5.74) is 6.49. The summed E-state index contributed by atoms with van der Waals surface area (Å²) in [6, 6.07) is 4.65. The zero-order valence-electron chi connectivity index (χ0n) is 11.8. The maximum absolute atomic E-state index is 6.41. The van der Waals surface area contributed by atoms with Gasteiger partial charge in [0.25, 0.3) is 0 Å². The van der Waals surface area contributed by atoms with Crippen molar-refractivity contribution in [2.75, 3.05) is 14.1 Å². The molecule has 1 rings (SSSR count). The van der Waals surface area contributed by atoms with Gasteiger partial charge in [-0.3, -0.25) is 0 Å². The Hall–Kier alpha value is -0.380. The number of nitrogens with zero attached hydrogens (tertiary/aromatic N) is 1. The minimum absolute atomic E-state index is 0.0797. The fourth-order valence-electron chi connectivity index (χ4n) is 2.07. The maximum atomic E-state index is 6.41. The third kappa shape index (κ3) is 3.30. The number of aryl methyl sites for hydroxylation is 1. The Morgan fingerprint density at radius 3 is 2.29 bits per heavy atom. The predicted molar refractivity (Wildman–Crippen MR) is 77.8 cm³/mol. The molecule has 0 radical (unpaired) electrons. The largest absolute Gasteiger partial charge is 0.326 e. The molecule has 0 aliphatic heterocycles. The van der Waals surface area contributed by atoms with E-state index in [1.54, 1.807) is 0 Å². The Balaban J connectivity index is 2.73. The molecule has 0 aliphatic carbocycles. The molecule has 2 unspecified atom stereocenters. The molecule has 0 spiro atoms. The average Bonchev–Trinajstić information content (AvgIpc) is 2.75. The molecule has 98 valence electrons. The Kier molecular flexibility index (Phi) is 5.17. The van der Waals surface area contributed by atoms with Crippen molar-refractivity contribution in [3.05, 3.63) is 21.9 Å². The van der Waals surface area contributed by atoms with E-state index < -0.39 is 0 Å². The first-order chi connectivity index (χ1) is 7.93. The predicted octanol–water partition coefficient (Wildman–Crippen LogP) is 2.91. The standard InChI is InChI=1S/C14H26N2S/c1-6-11-8-9-12(17-11)10-13(15)14(3,7-2)16(4)5/h8-9,13H,6-7,10,15H2,1-5H3. The van der Waals surface area contributed by atoms with Crippen molar-refractivity contribution in [1.29, 1.82) is 0 Å². The quantitative estimate of drug-likeness (QED) is 0.846. The number of nitrogens with two attached hydrogens (primary N) is 1. The van der Waals surface area contributed by atoms with E-state index in [0.717, 1.165) is 19.3 Å². The van der Waals surface area contributed by atoms with E-state index in [4.69, 9.17) is 5.73 Å². The van der Waals surface area contributed by atoms with Crippen LogP contribution in [0.2, 0.25) is 0 Å². The molecule has 1 aromatic heterocycles. The van der Waals surface area contributed by atoms with Crippen LogP contribution in [0.25, 0.3) is 0 Å². The van der Waals surface area contributed by atoms with Crippen LogP contribution in [0.3, 0.4) is 0 Å². The normalized spacial score (nSPS) is 17.1. The van der Waals surface area contributed by atoms with Gasteiger partial charge in [-0.1, -0.05) is 13.8 Å². The smallest absolute Gasteiger partial charge is 0.0327 e. The van der Waals surface area contributed by atoms with Gasteiger partial charge < -0.3 is 10.6 Å². The van der Waals surface area contributed by atoms with Gasteiger partial charge in [-0.2, -0.15) is 0 Å². The first-order valence-electron chi connectivity index (χ1n) is 6.44. The highest BCUT2D eigenvalue weighted by Crippen LogP contribution is 2.25. The van der Waals surface area contributed by atoms with E-state index in [9.17, 15) is 0 Å². The second-order valence-electron chi connectivity index (χ2n) is 5.14. The van der Waals surface area contributed by atoms with Crippen LogP contribution in [0.15, 0.2) is 12.1 Å². The molecule has 0 aromatic carbocycles. The number of rotatable bonds is 6. The topological polar surface area (TPSA) is 29.3 Å². The number of thiophene rings is 1. The van der Waals surface area contributed by atoms with Crippen LogP contribution < -0.4 is 5.73 Å². The highest BCUT2D eigenvalue weighted by molar-refractivity contribution is 7.11. The van der Waals surface area contributed by atoms with Crippen molar-refractivity contribution in [3.8, 4) is 0 Å². The molecular formula is C14H26N2S. The van der Waals surface area contributed by atoms with Gasteiger partial charge in [0.2, 0.25) is 0 Å². The number of likely N-dealkylation sites (N-methyl/N-ethyl adjacent to an activating group) is 1. The molecule has 0 aliphatic rings. The summed E-state index contributed by atoms with van der Waals surface area (Å²) >= 11 is 1.90. The third-order valence-corrected chi connectivity index (χ3v) is 5.27. The van der Waals surface area contributed by atoms with Crippen molar-refractivity contribution < 1.29 is 0 Å². The average molecular weight is 254 g/mol. The molecule has 1 aromatic rings. The van der Waals surface area contributed by atoms with Crippen LogP contribution in [0.1, 0.15) is 36.9 Å². The van der Waals surface area contributed by atoms with Crippen LogP contribution in [0, 0.1) is 0 Å². The highest BCUT2D eigenvalue weighted by atomic mass is 32.1. The van der Waals surface area contributed by atoms with Gasteiger partial charge in [-0.05, 0) is 52.4 Å². The van der Waals surface area contributed by atoms with Crippen LogP contribution >= 0.6 is 11.3 Å². The van der Waals surface area contributed by atoms with Crippen molar-refractivity contribution in [2.24, 2.45) is 5.73 Å². The van der Waals surface area contributed by atoms with Crippen molar-refractivity contribution in [1.82, 2.24) is 4.90 Å². The second kappa shape index (κ2) is 5.98. The summed E-state index contributed by atoms with van der Waals surface area (Å²) in [6.45, 7) is 6.67. The Bertz CT molecular complexity index is 346. The van der Waals surface area contributed by atoms with E-state index in [0.29, 0.717) is 0 Å². The van der Waals surface area contributed by atoms with E-state index in [1.807, 2.05) is 11.3 Å². The first kappa shape index (κ1) is 14.7. The molecular weight excluding hydrogens is 228 g/mol. The molecule has 1 heterocycles. The molecule has 0 saturated heterocycles. The lowest BCUT2D eigenvalue weighted by Gasteiger charge is -2.40. The van der Waals surface area contributed by atoms with Gasteiger partial charge in [0, 0.05) is 21.3 Å².